The van der Waals surface area contributed by atoms with Gasteiger partial charge in [0.25, 0.3) is 0 Å². The highest BCUT2D eigenvalue weighted by Gasteiger charge is 2.18. The maximum atomic E-state index is 5.86. The summed E-state index contributed by atoms with van der Waals surface area (Å²) >= 11 is 0. The summed E-state index contributed by atoms with van der Waals surface area (Å²) in [5.74, 6) is 0.914. The number of halogens is 2. The summed E-state index contributed by atoms with van der Waals surface area (Å²) < 4.78 is 5.12. The third kappa shape index (κ3) is 4.72. The number of rotatable bonds is 3. The van der Waals surface area contributed by atoms with Gasteiger partial charge in [0.1, 0.15) is 5.75 Å². The van der Waals surface area contributed by atoms with Gasteiger partial charge >= 0.3 is 0 Å². The van der Waals surface area contributed by atoms with E-state index in [9.17, 15) is 0 Å². The molecule has 0 aliphatic carbocycles. The molecule has 0 radical (unpaired) electrons. The van der Waals surface area contributed by atoms with Crippen molar-refractivity contribution in [3.05, 3.63) is 29.8 Å². The molecule has 1 atom stereocenters. The predicted octanol–water partition coefficient (Wildman–Crippen LogP) is 2.07. The number of hydrogen-bond donors (Lipinski definition) is 1. The van der Waals surface area contributed by atoms with Crippen LogP contribution in [0.2, 0.25) is 0 Å². The molecule has 98 valence electrons. The summed E-state index contributed by atoms with van der Waals surface area (Å²) in [5.41, 5.74) is 7.19. The first kappa shape index (κ1) is 16.5. The molecule has 1 aromatic carbocycles. The second-order valence-corrected chi connectivity index (χ2v) is 4.13. The first-order valence-electron chi connectivity index (χ1n) is 5.39. The Morgan fingerprint density at radius 2 is 1.94 bits per heavy atom. The van der Waals surface area contributed by atoms with Gasteiger partial charge in [-0.2, -0.15) is 0 Å². The topological polar surface area (TPSA) is 38.5 Å². The molecule has 0 bridgehead atoms. The average Bonchev–Trinajstić information content (AvgIpc) is 2.65. The SMILES string of the molecule is COc1ccc(CN2CC[C@H](N)C2)cc1.Cl.Cl. The number of benzene rings is 1. The number of methoxy groups -OCH3 is 1. The third-order valence-corrected chi connectivity index (χ3v) is 2.87. The van der Waals surface area contributed by atoms with E-state index in [0.29, 0.717) is 6.04 Å². The van der Waals surface area contributed by atoms with E-state index in [4.69, 9.17) is 10.5 Å². The number of likely N-dealkylation sites (tertiary alicyclic amines) is 1. The molecule has 3 nitrogen and oxygen atoms in total. The van der Waals surface area contributed by atoms with Gasteiger partial charge in [0.05, 0.1) is 7.11 Å². The van der Waals surface area contributed by atoms with Crippen LogP contribution in [0.5, 0.6) is 5.75 Å². The van der Waals surface area contributed by atoms with Crippen molar-refractivity contribution in [3.63, 3.8) is 0 Å². The smallest absolute Gasteiger partial charge is 0.118 e. The lowest BCUT2D eigenvalue weighted by molar-refractivity contribution is 0.326. The van der Waals surface area contributed by atoms with Crippen LogP contribution < -0.4 is 10.5 Å². The highest BCUT2D eigenvalue weighted by Crippen LogP contribution is 2.15. The van der Waals surface area contributed by atoms with E-state index < -0.39 is 0 Å². The third-order valence-electron chi connectivity index (χ3n) is 2.87. The molecular weight excluding hydrogens is 259 g/mol. The lowest BCUT2D eigenvalue weighted by Gasteiger charge is -2.15. The maximum Gasteiger partial charge on any atom is 0.118 e. The largest absolute Gasteiger partial charge is 0.497 e. The molecule has 2 N–H and O–H groups in total. The standard InChI is InChI=1S/C12H18N2O.2ClH/c1-15-12-4-2-10(3-5-12)8-14-7-6-11(13)9-14;;/h2-5,11H,6-9,13H2,1H3;2*1H/t11-;;/m0../s1. The fraction of sp³-hybridized carbons (Fsp3) is 0.500. The number of nitrogens with zero attached hydrogens (tertiary/aromatic N) is 1. The summed E-state index contributed by atoms with van der Waals surface area (Å²) in [4.78, 5) is 2.40. The first-order valence-corrected chi connectivity index (χ1v) is 5.39. The average molecular weight is 279 g/mol. The molecule has 5 heteroatoms. The second kappa shape index (κ2) is 7.77. The van der Waals surface area contributed by atoms with Crippen LogP contribution in [-0.2, 0) is 6.54 Å². The van der Waals surface area contributed by atoms with Crippen molar-refractivity contribution in [2.75, 3.05) is 20.2 Å². The minimum atomic E-state index is 0. The van der Waals surface area contributed by atoms with E-state index in [2.05, 4.69) is 17.0 Å². The molecule has 1 aromatic rings. The molecule has 1 fully saturated rings. The Kier molecular flexibility index (Phi) is 7.55. The maximum absolute atomic E-state index is 5.86. The summed E-state index contributed by atoms with van der Waals surface area (Å²) in [6.07, 6.45) is 1.12. The molecular formula is C12H20Cl2N2O. The fourth-order valence-electron chi connectivity index (χ4n) is 2.00. The Bertz CT molecular complexity index is 319. The van der Waals surface area contributed by atoms with E-state index >= 15 is 0 Å². The summed E-state index contributed by atoms with van der Waals surface area (Å²) in [5, 5.41) is 0. The van der Waals surface area contributed by atoms with E-state index in [1.54, 1.807) is 7.11 Å². The Morgan fingerprint density at radius 1 is 1.29 bits per heavy atom. The summed E-state index contributed by atoms with van der Waals surface area (Å²) in [6, 6.07) is 8.60. The minimum absolute atomic E-state index is 0. The van der Waals surface area contributed by atoms with Crippen LogP contribution in [0.1, 0.15) is 12.0 Å². The Labute approximate surface area is 115 Å². The van der Waals surface area contributed by atoms with Crippen LogP contribution in [-0.4, -0.2) is 31.1 Å². The van der Waals surface area contributed by atoms with Crippen molar-refractivity contribution in [2.45, 2.75) is 19.0 Å². The molecule has 0 unspecified atom stereocenters. The highest BCUT2D eigenvalue weighted by molar-refractivity contribution is 5.85. The Balaban J connectivity index is 0.00000128. The van der Waals surface area contributed by atoms with Gasteiger partial charge in [0, 0.05) is 25.7 Å². The van der Waals surface area contributed by atoms with Crippen molar-refractivity contribution in [1.82, 2.24) is 4.90 Å². The molecule has 0 saturated carbocycles. The molecule has 1 aliphatic rings. The van der Waals surface area contributed by atoms with Crippen molar-refractivity contribution in [3.8, 4) is 5.75 Å². The van der Waals surface area contributed by atoms with Gasteiger partial charge < -0.3 is 10.5 Å². The van der Waals surface area contributed by atoms with Crippen LogP contribution in [0.15, 0.2) is 24.3 Å². The van der Waals surface area contributed by atoms with Gasteiger partial charge in [-0.1, -0.05) is 12.1 Å². The van der Waals surface area contributed by atoms with Crippen LogP contribution in [0, 0.1) is 0 Å². The van der Waals surface area contributed by atoms with Gasteiger partial charge in [-0.3, -0.25) is 4.90 Å². The molecule has 1 saturated heterocycles. The van der Waals surface area contributed by atoms with E-state index in [1.807, 2.05) is 12.1 Å². The van der Waals surface area contributed by atoms with Crippen molar-refractivity contribution >= 4 is 24.8 Å². The Hall–Kier alpha value is -0.480. The molecule has 1 aliphatic heterocycles. The lowest BCUT2D eigenvalue weighted by atomic mass is 10.2. The summed E-state index contributed by atoms with van der Waals surface area (Å²) in [6.45, 7) is 3.14. The van der Waals surface area contributed by atoms with Crippen molar-refractivity contribution in [2.24, 2.45) is 5.73 Å². The van der Waals surface area contributed by atoms with E-state index in [0.717, 1.165) is 31.8 Å². The molecule has 0 amide bonds. The lowest BCUT2D eigenvalue weighted by Crippen LogP contribution is -2.26. The van der Waals surface area contributed by atoms with Crippen molar-refractivity contribution in [1.29, 1.82) is 0 Å². The minimum Gasteiger partial charge on any atom is -0.497 e. The van der Waals surface area contributed by atoms with Gasteiger partial charge in [0.2, 0.25) is 0 Å². The molecule has 17 heavy (non-hydrogen) atoms. The van der Waals surface area contributed by atoms with Gasteiger partial charge in [-0.15, -0.1) is 24.8 Å². The number of hydrogen-bond acceptors (Lipinski definition) is 3. The monoisotopic (exact) mass is 278 g/mol. The fourth-order valence-corrected chi connectivity index (χ4v) is 2.00. The number of nitrogens with two attached hydrogens (primary N) is 1. The van der Waals surface area contributed by atoms with Crippen LogP contribution in [0.25, 0.3) is 0 Å². The van der Waals surface area contributed by atoms with Crippen LogP contribution in [0.4, 0.5) is 0 Å². The van der Waals surface area contributed by atoms with Gasteiger partial charge in [-0.05, 0) is 24.1 Å². The van der Waals surface area contributed by atoms with Gasteiger partial charge in [0.15, 0.2) is 0 Å². The van der Waals surface area contributed by atoms with Gasteiger partial charge in [-0.25, -0.2) is 0 Å². The predicted molar refractivity (Wildman–Crippen MR) is 75.4 cm³/mol. The first-order chi connectivity index (χ1) is 7.28. The zero-order chi connectivity index (χ0) is 10.7. The highest BCUT2D eigenvalue weighted by atomic mass is 35.5. The van der Waals surface area contributed by atoms with Crippen LogP contribution >= 0.6 is 24.8 Å². The molecule has 0 aromatic heterocycles. The van der Waals surface area contributed by atoms with Crippen molar-refractivity contribution < 1.29 is 4.74 Å². The summed E-state index contributed by atoms with van der Waals surface area (Å²) in [7, 11) is 1.69. The molecule has 2 rings (SSSR count). The zero-order valence-electron chi connectivity index (χ0n) is 9.96. The normalized spacial score (nSPS) is 19.3. The quantitative estimate of drug-likeness (QED) is 0.920. The molecule has 1 heterocycles. The second-order valence-electron chi connectivity index (χ2n) is 4.13. The zero-order valence-corrected chi connectivity index (χ0v) is 11.6. The number of ether oxygens (including phenoxy) is 1. The van der Waals surface area contributed by atoms with E-state index in [1.165, 1.54) is 5.56 Å². The Morgan fingerprint density at radius 3 is 2.41 bits per heavy atom. The molecule has 0 spiro atoms. The van der Waals surface area contributed by atoms with Crippen LogP contribution in [0.3, 0.4) is 0 Å². The van der Waals surface area contributed by atoms with E-state index in [-0.39, 0.29) is 24.8 Å².